The third-order valence-corrected chi connectivity index (χ3v) is 5.38. The Bertz CT molecular complexity index is 979. The Morgan fingerprint density at radius 2 is 1.31 bits per heavy atom. The lowest BCUT2D eigenvalue weighted by atomic mass is 10.1. The minimum absolute atomic E-state index is 0.236. The summed E-state index contributed by atoms with van der Waals surface area (Å²) in [4.78, 5) is 15.2. The van der Waals surface area contributed by atoms with E-state index in [2.05, 4.69) is 58.3 Å². The minimum atomic E-state index is -0.604. The molecule has 6 heteroatoms. The van der Waals surface area contributed by atoms with Crippen LogP contribution in [-0.4, -0.2) is 18.0 Å². The molecule has 1 saturated heterocycles. The lowest BCUT2D eigenvalue weighted by molar-refractivity contribution is -0.398. The molecule has 1 fully saturated rings. The van der Waals surface area contributed by atoms with Gasteiger partial charge in [-0.3, -0.25) is 10.1 Å². The summed E-state index contributed by atoms with van der Waals surface area (Å²) in [5, 5.41) is 23.3. The van der Waals surface area contributed by atoms with Gasteiger partial charge < -0.3 is 14.9 Å². The fourth-order valence-corrected chi connectivity index (χ4v) is 3.84. The van der Waals surface area contributed by atoms with Gasteiger partial charge in [0.15, 0.2) is 0 Å². The predicted molar refractivity (Wildman–Crippen MR) is 112 cm³/mol. The van der Waals surface area contributed by atoms with Crippen molar-refractivity contribution in [2.75, 3.05) is 22.9 Å². The topological polar surface area (TPSA) is 72.7 Å². The number of nitrogens with zero attached hydrogens (tertiary/aromatic N) is 3. The Kier molecular flexibility index (Phi) is 4.84. The van der Waals surface area contributed by atoms with Crippen LogP contribution in [0.4, 0.5) is 17.1 Å². The number of hydrogen-bond acceptors (Lipinski definition) is 5. The van der Waals surface area contributed by atoms with E-state index in [1.54, 1.807) is 6.07 Å². The molecule has 1 aliphatic rings. The number of anilines is 2. The van der Waals surface area contributed by atoms with Crippen LogP contribution in [-0.2, 0) is 0 Å². The van der Waals surface area contributed by atoms with Crippen molar-refractivity contribution in [2.45, 2.75) is 20.0 Å². The van der Waals surface area contributed by atoms with Crippen LogP contribution < -0.4 is 14.9 Å². The first kappa shape index (κ1) is 18.8. The number of hydrogen-bond donors (Lipinski definition) is 0. The van der Waals surface area contributed by atoms with Crippen LogP contribution >= 0.6 is 0 Å². The highest BCUT2D eigenvalue weighted by Crippen LogP contribution is 2.39. The fraction of sp³-hybridized carbons (Fsp3) is 0.217. The summed E-state index contributed by atoms with van der Waals surface area (Å²) in [5.74, 6) is -0.569. The van der Waals surface area contributed by atoms with Gasteiger partial charge in [0.2, 0.25) is 0 Å². The number of nitro groups is 1. The van der Waals surface area contributed by atoms with E-state index in [-0.39, 0.29) is 11.9 Å². The highest BCUT2D eigenvalue weighted by molar-refractivity contribution is 5.61. The van der Waals surface area contributed by atoms with Gasteiger partial charge in [-0.15, -0.1) is 0 Å². The molecule has 4 rings (SSSR count). The van der Waals surface area contributed by atoms with E-state index in [9.17, 15) is 15.2 Å². The van der Waals surface area contributed by atoms with Crippen LogP contribution in [0.25, 0.3) is 0 Å². The van der Waals surface area contributed by atoms with Crippen molar-refractivity contribution < 1.29 is 10.0 Å². The second-order valence-corrected chi connectivity index (χ2v) is 7.42. The van der Waals surface area contributed by atoms with Gasteiger partial charge in [0.25, 0.3) is 5.69 Å². The SMILES string of the molecule is Cc1ccc(N2CCN(c3ccc(C)cc3)C2c2ccc([O-])c([N+](=O)[O-])c2)cc1. The summed E-state index contributed by atoms with van der Waals surface area (Å²) < 4.78 is 0. The maximum Gasteiger partial charge on any atom is 0.262 e. The van der Waals surface area contributed by atoms with E-state index in [1.165, 1.54) is 23.3 Å². The largest absolute Gasteiger partial charge is 0.868 e. The van der Waals surface area contributed by atoms with Crippen LogP contribution in [0.5, 0.6) is 5.75 Å². The molecule has 3 aromatic carbocycles. The third-order valence-electron chi connectivity index (χ3n) is 5.38. The maximum atomic E-state index is 11.9. The molecule has 1 aliphatic heterocycles. The molecule has 0 unspecified atom stereocenters. The molecule has 0 atom stereocenters. The molecule has 0 bridgehead atoms. The van der Waals surface area contributed by atoms with Crippen LogP contribution in [0.1, 0.15) is 22.9 Å². The van der Waals surface area contributed by atoms with Crippen molar-refractivity contribution in [3.63, 3.8) is 0 Å². The van der Waals surface area contributed by atoms with Gasteiger partial charge in [0, 0.05) is 36.1 Å². The van der Waals surface area contributed by atoms with Gasteiger partial charge >= 0.3 is 0 Å². The van der Waals surface area contributed by atoms with Gasteiger partial charge in [-0.1, -0.05) is 47.5 Å². The zero-order valence-corrected chi connectivity index (χ0v) is 16.4. The normalized spacial score (nSPS) is 14.4. The molecule has 3 aromatic rings. The Morgan fingerprint density at radius 3 is 1.76 bits per heavy atom. The van der Waals surface area contributed by atoms with E-state index < -0.39 is 10.7 Å². The Hall–Kier alpha value is -3.54. The summed E-state index contributed by atoms with van der Waals surface area (Å²) in [6.45, 7) is 5.63. The summed E-state index contributed by atoms with van der Waals surface area (Å²) in [6, 6.07) is 20.9. The van der Waals surface area contributed by atoms with Crippen molar-refractivity contribution in [3.8, 4) is 5.75 Å². The van der Waals surface area contributed by atoms with E-state index in [0.717, 1.165) is 30.0 Å². The van der Waals surface area contributed by atoms with Crippen molar-refractivity contribution >= 4 is 17.1 Å². The van der Waals surface area contributed by atoms with Crippen molar-refractivity contribution in [2.24, 2.45) is 0 Å². The number of benzene rings is 3. The van der Waals surface area contributed by atoms with E-state index in [1.807, 2.05) is 13.8 Å². The van der Waals surface area contributed by atoms with Crippen molar-refractivity contribution in [3.05, 3.63) is 93.5 Å². The molecule has 148 valence electrons. The quantitative estimate of drug-likeness (QED) is 0.492. The van der Waals surface area contributed by atoms with Gasteiger partial charge in [0.1, 0.15) is 6.17 Å². The average molecular weight is 388 g/mol. The van der Waals surface area contributed by atoms with Crippen LogP contribution in [0.15, 0.2) is 66.7 Å². The van der Waals surface area contributed by atoms with Crippen LogP contribution in [0.3, 0.4) is 0 Å². The van der Waals surface area contributed by atoms with E-state index in [4.69, 9.17) is 0 Å². The minimum Gasteiger partial charge on any atom is -0.868 e. The Balaban J connectivity index is 1.81. The fourth-order valence-electron chi connectivity index (χ4n) is 3.84. The first-order valence-electron chi connectivity index (χ1n) is 9.56. The van der Waals surface area contributed by atoms with Gasteiger partial charge in [-0.25, -0.2) is 0 Å². The summed E-state index contributed by atoms with van der Waals surface area (Å²) >= 11 is 0. The summed E-state index contributed by atoms with van der Waals surface area (Å²) in [5.41, 5.74) is 4.78. The third kappa shape index (κ3) is 3.61. The molecule has 29 heavy (non-hydrogen) atoms. The van der Waals surface area contributed by atoms with E-state index in [0.29, 0.717) is 0 Å². The van der Waals surface area contributed by atoms with Crippen molar-refractivity contribution in [1.29, 1.82) is 0 Å². The first-order valence-corrected chi connectivity index (χ1v) is 9.56. The van der Waals surface area contributed by atoms with Gasteiger partial charge in [0.05, 0.1) is 4.92 Å². The van der Waals surface area contributed by atoms with Crippen molar-refractivity contribution in [1.82, 2.24) is 0 Å². The zero-order valence-electron chi connectivity index (χ0n) is 16.4. The Morgan fingerprint density at radius 1 is 0.828 bits per heavy atom. The molecule has 0 saturated carbocycles. The molecule has 0 radical (unpaired) electrons. The van der Waals surface area contributed by atoms with E-state index >= 15 is 0 Å². The zero-order chi connectivity index (χ0) is 20.5. The molecular weight excluding hydrogens is 366 g/mol. The number of aryl methyl sites for hydroxylation is 2. The molecule has 0 amide bonds. The number of rotatable bonds is 4. The molecular formula is C23H22N3O3-. The molecule has 0 spiro atoms. The maximum absolute atomic E-state index is 11.9. The second-order valence-electron chi connectivity index (χ2n) is 7.42. The van der Waals surface area contributed by atoms with Crippen LogP contribution in [0.2, 0.25) is 0 Å². The molecule has 1 heterocycles. The average Bonchev–Trinajstić information content (AvgIpc) is 3.14. The molecule has 0 aliphatic carbocycles. The summed E-state index contributed by atoms with van der Waals surface area (Å²) in [6.07, 6.45) is -0.236. The van der Waals surface area contributed by atoms with Gasteiger partial charge in [-0.2, -0.15) is 0 Å². The second kappa shape index (κ2) is 7.47. The summed E-state index contributed by atoms with van der Waals surface area (Å²) in [7, 11) is 0. The highest BCUT2D eigenvalue weighted by atomic mass is 16.6. The first-order chi connectivity index (χ1) is 13.9. The lowest BCUT2D eigenvalue weighted by Gasteiger charge is -2.33. The monoisotopic (exact) mass is 388 g/mol. The molecule has 6 nitrogen and oxygen atoms in total. The Labute approximate surface area is 169 Å². The highest BCUT2D eigenvalue weighted by Gasteiger charge is 2.34. The number of nitro benzene ring substituents is 1. The molecule has 0 N–H and O–H groups in total. The predicted octanol–water partition coefficient (Wildman–Crippen LogP) is 4.31. The standard InChI is InChI=1S/C23H23N3O3/c1-16-3-8-19(9-4-16)24-13-14-25(20-10-5-17(2)6-11-20)23(24)18-7-12-22(27)21(15-18)26(28)29/h3-12,15,23,27H,13-14H2,1-2H3/p-1. The van der Waals surface area contributed by atoms with Gasteiger partial charge in [-0.05, 0) is 43.9 Å². The lowest BCUT2D eigenvalue weighted by Crippen LogP contribution is -2.31. The smallest absolute Gasteiger partial charge is 0.262 e. The molecule has 0 aromatic heterocycles. The van der Waals surface area contributed by atoms with Crippen LogP contribution in [0, 0.1) is 24.0 Å².